The molecule has 0 saturated carbocycles. The van der Waals surface area contributed by atoms with Gasteiger partial charge in [-0.3, -0.25) is 4.99 Å². The van der Waals surface area contributed by atoms with Gasteiger partial charge >= 0.3 is 0 Å². The van der Waals surface area contributed by atoms with E-state index < -0.39 is 0 Å². The topological polar surface area (TPSA) is 63.0 Å². The highest BCUT2D eigenvalue weighted by Gasteiger charge is 2.05. The van der Waals surface area contributed by atoms with Crippen molar-refractivity contribution in [2.75, 3.05) is 27.2 Å². The van der Waals surface area contributed by atoms with E-state index in [9.17, 15) is 0 Å². The van der Waals surface area contributed by atoms with Gasteiger partial charge in [-0.05, 0) is 37.1 Å². The van der Waals surface area contributed by atoms with Gasteiger partial charge in [-0.2, -0.15) is 0 Å². The molecule has 150 valence electrons. The number of rotatable bonds is 7. The molecule has 0 unspecified atom stereocenters. The predicted octanol–water partition coefficient (Wildman–Crippen LogP) is 3.22. The number of ether oxygens (including phenoxy) is 1. The van der Waals surface area contributed by atoms with Crippen molar-refractivity contribution in [1.82, 2.24) is 20.0 Å². The summed E-state index contributed by atoms with van der Waals surface area (Å²) in [6, 6.07) is 12.3. The number of pyridine rings is 1. The molecule has 0 fully saturated rings. The van der Waals surface area contributed by atoms with Gasteiger partial charge in [0.2, 0.25) is 0 Å². The van der Waals surface area contributed by atoms with Crippen molar-refractivity contribution in [3.63, 3.8) is 0 Å². The lowest BCUT2D eigenvalue weighted by atomic mass is 10.1. The largest absolute Gasteiger partial charge is 0.496 e. The fraction of sp³-hybridized carbons (Fsp3) is 0.333. The Morgan fingerprint density at radius 1 is 1.14 bits per heavy atom. The molecule has 0 spiro atoms. The molecule has 1 aromatic carbocycles. The molecular weight excluding hydrogens is 465 g/mol. The van der Waals surface area contributed by atoms with Gasteiger partial charge in [0.05, 0.1) is 12.8 Å². The highest BCUT2D eigenvalue weighted by atomic mass is 127. The van der Waals surface area contributed by atoms with Gasteiger partial charge in [0.15, 0.2) is 5.96 Å². The molecule has 6 nitrogen and oxygen atoms in total. The molecule has 0 aliphatic heterocycles. The van der Waals surface area contributed by atoms with Crippen LogP contribution in [0.5, 0.6) is 5.75 Å². The van der Waals surface area contributed by atoms with Gasteiger partial charge in [0.25, 0.3) is 0 Å². The summed E-state index contributed by atoms with van der Waals surface area (Å²) in [7, 11) is 3.49. The minimum Gasteiger partial charge on any atom is -0.496 e. The van der Waals surface area contributed by atoms with Gasteiger partial charge in [0, 0.05) is 39.0 Å². The summed E-state index contributed by atoms with van der Waals surface area (Å²) in [6.45, 7) is 3.65. The van der Waals surface area contributed by atoms with Crippen molar-refractivity contribution in [3.8, 4) is 5.75 Å². The number of fused-ring (bicyclic) bond motifs is 1. The first kappa shape index (κ1) is 22.0. The monoisotopic (exact) mass is 493 g/mol. The lowest BCUT2D eigenvalue weighted by molar-refractivity contribution is 0.409. The Morgan fingerprint density at radius 2 is 1.93 bits per heavy atom. The third kappa shape index (κ3) is 5.85. The maximum atomic E-state index is 5.44. The van der Waals surface area contributed by atoms with Crippen LogP contribution in [0, 0.1) is 6.92 Å². The summed E-state index contributed by atoms with van der Waals surface area (Å²) in [5, 5.41) is 6.71. The molecule has 0 bridgehead atoms. The Hall–Kier alpha value is -2.29. The average molecular weight is 493 g/mol. The summed E-state index contributed by atoms with van der Waals surface area (Å²) >= 11 is 0. The van der Waals surface area contributed by atoms with Crippen LogP contribution in [0.25, 0.3) is 5.65 Å². The van der Waals surface area contributed by atoms with E-state index in [4.69, 9.17) is 4.74 Å². The number of nitrogens with one attached hydrogen (secondary N) is 2. The number of guanidine groups is 1. The molecule has 2 N–H and O–H groups in total. The number of halogens is 1. The molecule has 3 aromatic rings. The summed E-state index contributed by atoms with van der Waals surface area (Å²) in [5.74, 6) is 1.72. The van der Waals surface area contributed by atoms with Crippen LogP contribution in [0.1, 0.15) is 16.8 Å². The highest BCUT2D eigenvalue weighted by molar-refractivity contribution is 14.0. The number of aromatic nitrogens is 2. The standard InChI is InChI=1S/C21H27N5O.HI/c1-16-7-8-19(27-3)17(14-16)9-11-23-21(22-2)24-12-10-18-15-26-13-5-4-6-20(26)25-18;/h4-8,13-15H,9-12H2,1-3H3,(H2,22,23,24);1H. The van der Waals surface area contributed by atoms with Crippen LogP contribution >= 0.6 is 24.0 Å². The molecule has 0 aliphatic carbocycles. The fourth-order valence-electron chi connectivity index (χ4n) is 3.06. The molecule has 2 aromatic heterocycles. The van der Waals surface area contributed by atoms with Crippen LogP contribution in [0.4, 0.5) is 0 Å². The number of nitrogens with zero attached hydrogens (tertiary/aromatic N) is 3. The molecule has 7 heteroatoms. The first-order valence-corrected chi connectivity index (χ1v) is 9.20. The lowest BCUT2D eigenvalue weighted by Gasteiger charge is -2.13. The maximum absolute atomic E-state index is 5.44. The Kier molecular flexibility index (Phi) is 8.56. The van der Waals surface area contributed by atoms with E-state index in [2.05, 4.69) is 45.9 Å². The van der Waals surface area contributed by atoms with Crippen LogP contribution in [0.3, 0.4) is 0 Å². The number of hydrogen-bond acceptors (Lipinski definition) is 3. The van der Waals surface area contributed by atoms with Gasteiger partial charge in [0.1, 0.15) is 11.4 Å². The number of aryl methyl sites for hydroxylation is 1. The predicted molar refractivity (Wildman–Crippen MR) is 125 cm³/mol. The molecule has 28 heavy (non-hydrogen) atoms. The van der Waals surface area contributed by atoms with Crippen LogP contribution in [-0.2, 0) is 12.8 Å². The molecule has 0 saturated heterocycles. The second-order valence-electron chi connectivity index (χ2n) is 6.44. The van der Waals surface area contributed by atoms with Gasteiger partial charge in [-0.15, -0.1) is 24.0 Å². The van der Waals surface area contributed by atoms with Crippen LogP contribution in [0.15, 0.2) is 53.8 Å². The molecule has 0 amide bonds. The fourth-order valence-corrected chi connectivity index (χ4v) is 3.06. The minimum atomic E-state index is 0. The van der Waals surface area contributed by atoms with Crippen LogP contribution in [-0.4, -0.2) is 42.6 Å². The second-order valence-corrected chi connectivity index (χ2v) is 6.44. The van der Waals surface area contributed by atoms with E-state index in [1.54, 1.807) is 14.2 Å². The van der Waals surface area contributed by atoms with Gasteiger partial charge < -0.3 is 19.8 Å². The third-order valence-electron chi connectivity index (χ3n) is 4.43. The van der Waals surface area contributed by atoms with Crippen molar-refractivity contribution in [3.05, 3.63) is 65.6 Å². The zero-order valence-electron chi connectivity index (χ0n) is 16.6. The molecule has 0 atom stereocenters. The van der Waals surface area contributed by atoms with Crippen molar-refractivity contribution in [1.29, 1.82) is 0 Å². The number of aliphatic imine (C=N–C) groups is 1. The van der Waals surface area contributed by atoms with Crippen molar-refractivity contribution in [2.24, 2.45) is 4.99 Å². The zero-order valence-corrected chi connectivity index (χ0v) is 18.9. The van der Waals surface area contributed by atoms with E-state index in [1.807, 2.05) is 34.9 Å². The first-order valence-electron chi connectivity index (χ1n) is 9.20. The average Bonchev–Trinajstić information content (AvgIpc) is 3.09. The number of methoxy groups -OCH3 is 1. The Labute approximate surface area is 183 Å². The Balaban J connectivity index is 0.00000280. The molecule has 0 radical (unpaired) electrons. The number of benzene rings is 1. The Bertz CT molecular complexity index is 889. The van der Waals surface area contributed by atoms with Gasteiger partial charge in [-0.25, -0.2) is 4.98 Å². The van der Waals surface area contributed by atoms with Crippen molar-refractivity contribution in [2.45, 2.75) is 19.8 Å². The summed E-state index contributed by atoms with van der Waals surface area (Å²) in [6.07, 6.45) is 5.79. The summed E-state index contributed by atoms with van der Waals surface area (Å²) < 4.78 is 7.48. The van der Waals surface area contributed by atoms with Crippen molar-refractivity contribution < 1.29 is 4.74 Å². The SMILES string of the molecule is CN=C(NCCc1cn2ccccc2n1)NCCc1cc(C)ccc1OC.I. The van der Waals surface area contributed by atoms with E-state index in [-0.39, 0.29) is 24.0 Å². The molecule has 2 heterocycles. The summed E-state index contributed by atoms with van der Waals surface area (Å²) in [5.41, 5.74) is 4.47. The van der Waals surface area contributed by atoms with Crippen molar-refractivity contribution >= 4 is 35.6 Å². The first-order chi connectivity index (χ1) is 13.2. The van der Waals surface area contributed by atoms with E-state index >= 15 is 0 Å². The smallest absolute Gasteiger partial charge is 0.190 e. The van der Waals surface area contributed by atoms with E-state index in [0.717, 1.165) is 49.0 Å². The second kappa shape index (κ2) is 10.9. The molecular formula is C21H28IN5O. The lowest BCUT2D eigenvalue weighted by Crippen LogP contribution is -2.39. The van der Waals surface area contributed by atoms with E-state index in [0.29, 0.717) is 0 Å². The van der Waals surface area contributed by atoms with Crippen LogP contribution < -0.4 is 15.4 Å². The van der Waals surface area contributed by atoms with Gasteiger partial charge in [-0.1, -0.05) is 23.8 Å². The number of hydrogen-bond donors (Lipinski definition) is 2. The van der Waals surface area contributed by atoms with Crippen LogP contribution in [0.2, 0.25) is 0 Å². The third-order valence-corrected chi connectivity index (χ3v) is 4.43. The molecule has 3 rings (SSSR count). The maximum Gasteiger partial charge on any atom is 0.190 e. The molecule has 0 aliphatic rings. The minimum absolute atomic E-state index is 0. The quantitative estimate of drug-likeness (QED) is 0.302. The highest BCUT2D eigenvalue weighted by Crippen LogP contribution is 2.19. The zero-order chi connectivity index (χ0) is 19.1. The normalized spacial score (nSPS) is 11.2. The summed E-state index contributed by atoms with van der Waals surface area (Å²) in [4.78, 5) is 8.90. The number of imidazole rings is 1. The Morgan fingerprint density at radius 3 is 2.64 bits per heavy atom. The van der Waals surface area contributed by atoms with E-state index in [1.165, 1.54) is 11.1 Å².